The van der Waals surface area contributed by atoms with Crippen LogP contribution in [0.25, 0.3) is 0 Å². The Morgan fingerprint density at radius 2 is 2.05 bits per heavy atom. The summed E-state index contributed by atoms with van der Waals surface area (Å²) in [7, 11) is 0. The number of benzene rings is 1. The second-order valence-corrected chi connectivity index (χ2v) is 6.56. The van der Waals surface area contributed by atoms with Crippen molar-refractivity contribution in [2.45, 2.75) is 45.6 Å². The lowest BCUT2D eigenvalue weighted by atomic mass is 10.0. The quantitative estimate of drug-likeness (QED) is 0.814. The average molecular weight is 304 g/mol. The molecule has 0 saturated heterocycles. The second-order valence-electron chi connectivity index (χ2n) is 6.56. The Morgan fingerprint density at radius 1 is 1.32 bits per heavy atom. The Balaban J connectivity index is 1.85. The fraction of sp³-hybridized carbons (Fsp3) is 0.611. The molecule has 1 aliphatic rings. The summed E-state index contributed by atoms with van der Waals surface area (Å²) >= 11 is 0. The standard InChI is InChI=1S/C18H28N2O2/c1-13(2)10-11-22-16-8-6-14(7-9-16)18(21)20-17-5-3-4-15(17)12-19/h6-9,13,15,17H,3-5,10-12,19H2,1-2H3,(H,20,21). The van der Waals surface area contributed by atoms with Crippen LogP contribution in [0.15, 0.2) is 24.3 Å². The van der Waals surface area contributed by atoms with E-state index in [0.717, 1.165) is 31.4 Å². The Hall–Kier alpha value is -1.55. The number of ether oxygens (including phenoxy) is 1. The molecule has 2 atom stereocenters. The van der Waals surface area contributed by atoms with Crippen molar-refractivity contribution < 1.29 is 9.53 Å². The molecule has 0 radical (unpaired) electrons. The summed E-state index contributed by atoms with van der Waals surface area (Å²) in [4.78, 5) is 12.3. The fourth-order valence-electron chi connectivity index (χ4n) is 2.88. The van der Waals surface area contributed by atoms with Gasteiger partial charge in [0, 0.05) is 11.6 Å². The highest BCUT2D eigenvalue weighted by molar-refractivity contribution is 5.94. The average Bonchev–Trinajstić information content (AvgIpc) is 2.94. The summed E-state index contributed by atoms with van der Waals surface area (Å²) in [5.41, 5.74) is 6.44. The third kappa shape index (κ3) is 4.73. The number of hydrogen-bond acceptors (Lipinski definition) is 3. The van der Waals surface area contributed by atoms with Gasteiger partial charge in [0.1, 0.15) is 5.75 Å². The maximum Gasteiger partial charge on any atom is 0.251 e. The number of nitrogens with one attached hydrogen (secondary N) is 1. The van der Waals surface area contributed by atoms with Gasteiger partial charge in [-0.3, -0.25) is 4.79 Å². The SMILES string of the molecule is CC(C)CCOc1ccc(C(=O)NC2CCCC2CN)cc1. The molecule has 1 amide bonds. The molecule has 0 aliphatic heterocycles. The number of carbonyl (C=O) groups is 1. The van der Waals surface area contributed by atoms with Crippen LogP contribution in [0.4, 0.5) is 0 Å². The van der Waals surface area contributed by atoms with Gasteiger partial charge in [-0.1, -0.05) is 20.3 Å². The van der Waals surface area contributed by atoms with Gasteiger partial charge in [-0.25, -0.2) is 0 Å². The Labute approximate surface area is 133 Å². The van der Waals surface area contributed by atoms with E-state index < -0.39 is 0 Å². The smallest absolute Gasteiger partial charge is 0.251 e. The molecule has 22 heavy (non-hydrogen) atoms. The monoisotopic (exact) mass is 304 g/mol. The van der Waals surface area contributed by atoms with Crippen LogP contribution in [0.5, 0.6) is 5.75 Å². The van der Waals surface area contributed by atoms with Gasteiger partial charge in [-0.05, 0) is 61.9 Å². The van der Waals surface area contributed by atoms with Gasteiger partial charge in [0.15, 0.2) is 0 Å². The lowest BCUT2D eigenvalue weighted by Crippen LogP contribution is -2.39. The lowest BCUT2D eigenvalue weighted by molar-refractivity contribution is 0.0928. The third-order valence-electron chi connectivity index (χ3n) is 4.36. The zero-order chi connectivity index (χ0) is 15.9. The van der Waals surface area contributed by atoms with Gasteiger partial charge in [-0.15, -0.1) is 0 Å². The van der Waals surface area contributed by atoms with Gasteiger partial charge in [0.2, 0.25) is 0 Å². The highest BCUT2D eigenvalue weighted by Crippen LogP contribution is 2.25. The third-order valence-corrected chi connectivity index (χ3v) is 4.36. The van der Waals surface area contributed by atoms with E-state index in [-0.39, 0.29) is 11.9 Å². The molecule has 1 aromatic rings. The molecule has 1 saturated carbocycles. The van der Waals surface area contributed by atoms with Crippen LogP contribution in [-0.4, -0.2) is 25.1 Å². The summed E-state index contributed by atoms with van der Waals surface area (Å²) in [5.74, 6) is 1.85. The molecule has 1 aromatic carbocycles. The summed E-state index contributed by atoms with van der Waals surface area (Å²) < 4.78 is 5.67. The first-order valence-corrected chi connectivity index (χ1v) is 8.34. The van der Waals surface area contributed by atoms with Crippen LogP contribution in [0.3, 0.4) is 0 Å². The number of hydrogen-bond donors (Lipinski definition) is 2. The van der Waals surface area contributed by atoms with E-state index in [4.69, 9.17) is 10.5 Å². The van der Waals surface area contributed by atoms with E-state index >= 15 is 0 Å². The highest BCUT2D eigenvalue weighted by Gasteiger charge is 2.27. The molecule has 0 bridgehead atoms. The van der Waals surface area contributed by atoms with Crippen LogP contribution in [0, 0.1) is 11.8 Å². The number of rotatable bonds is 7. The first kappa shape index (κ1) is 16.8. The minimum atomic E-state index is -0.0147. The van der Waals surface area contributed by atoms with E-state index in [0.29, 0.717) is 30.6 Å². The van der Waals surface area contributed by atoms with Crippen molar-refractivity contribution in [1.29, 1.82) is 0 Å². The molecule has 122 valence electrons. The van der Waals surface area contributed by atoms with E-state index in [9.17, 15) is 4.79 Å². The summed E-state index contributed by atoms with van der Waals surface area (Å²) in [6.07, 6.45) is 4.33. The van der Waals surface area contributed by atoms with Crippen LogP contribution in [-0.2, 0) is 0 Å². The minimum Gasteiger partial charge on any atom is -0.494 e. The molecule has 0 heterocycles. The van der Waals surface area contributed by atoms with E-state index in [2.05, 4.69) is 19.2 Å². The second kappa shape index (κ2) is 8.18. The van der Waals surface area contributed by atoms with Crippen LogP contribution < -0.4 is 15.8 Å². The van der Waals surface area contributed by atoms with Gasteiger partial charge < -0.3 is 15.8 Å². The van der Waals surface area contributed by atoms with Gasteiger partial charge in [0.25, 0.3) is 5.91 Å². The number of nitrogens with two attached hydrogens (primary N) is 1. The molecular formula is C18H28N2O2. The zero-order valence-corrected chi connectivity index (χ0v) is 13.7. The molecule has 0 spiro atoms. The number of amides is 1. The lowest BCUT2D eigenvalue weighted by Gasteiger charge is -2.19. The summed E-state index contributed by atoms with van der Waals surface area (Å²) in [5, 5.41) is 3.11. The predicted octanol–water partition coefficient (Wildman–Crippen LogP) is 2.97. The summed E-state index contributed by atoms with van der Waals surface area (Å²) in [6, 6.07) is 7.60. The molecule has 2 rings (SSSR count). The number of carbonyl (C=O) groups excluding carboxylic acids is 1. The van der Waals surface area contributed by atoms with Gasteiger partial charge in [0.05, 0.1) is 6.61 Å². The zero-order valence-electron chi connectivity index (χ0n) is 13.7. The van der Waals surface area contributed by atoms with Crippen molar-refractivity contribution in [3.8, 4) is 5.75 Å². The molecule has 2 unspecified atom stereocenters. The maximum atomic E-state index is 12.3. The first-order chi connectivity index (χ1) is 10.6. The van der Waals surface area contributed by atoms with Crippen molar-refractivity contribution in [2.24, 2.45) is 17.6 Å². The molecule has 1 aliphatic carbocycles. The van der Waals surface area contributed by atoms with Gasteiger partial charge in [-0.2, -0.15) is 0 Å². The van der Waals surface area contributed by atoms with Crippen molar-refractivity contribution in [2.75, 3.05) is 13.2 Å². The molecular weight excluding hydrogens is 276 g/mol. The van der Waals surface area contributed by atoms with E-state index in [1.165, 1.54) is 0 Å². The van der Waals surface area contributed by atoms with E-state index in [1.807, 2.05) is 24.3 Å². The van der Waals surface area contributed by atoms with Crippen molar-refractivity contribution >= 4 is 5.91 Å². The van der Waals surface area contributed by atoms with Crippen LogP contribution in [0.1, 0.15) is 49.9 Å². The molecule has 0 aromatic heterocycles. The minimum absolute atomic E-state index is 0.0147. The van der Waals surface area contributed by atoms with E-state index in [1.54, 1.807) is 0 Å². The summed E-state index contributed by atoms with van der Waals surface area (Å²) in [6.45, 7) is 5.71. The molecule has 1 fully saturated rings. The van der Waals surface area contributed by atoms with Crippen molar-refractivity contribution in [3.63, 3.8) is 0 Å². The molecule has 3 N–H and O–H groups in total. The van der Waals surface area contributed by atoms with Crippen molar-refractivity contribution in [3.05, 3.63) is 29.8 Å². The molecule has 4 heteroatoms. The Morgan fingerprint density at radius 3 is 2.68 bits per heavy atom. The first-order valence-electron chi connectivity index (χ1n) is 8.34. The van der Waals surface area contributed by atoms with Crippen LogP contribution >= 0.6 is 0 Å². The Bertz CT molecular complexity index is 470. The van der Waals surface area contributed by atoms with Crippen LogP contribution in [0.2, 0.25) is 0 Å². The predicted molar refractivity (Wildman–Crippen MR) is 89.0 cm³/mol. The van der Waals surface area contributed by atoms with Crippen molar-refractivity contribution in [1.82, 2.24) is 5.32 Å². The maximum absolute atomic E-state index is 12.3. The Kier molecular flexibility index (Phi) is 6.25. The molecule has 4 nitrogen and oxygen atoms in total. The topological polar surface area (TPSA) is 64.3 Å². The highest BCUT2D eigenvalue weighted by atomic mass is 16.5. The fourth-order valence-corrected chi connectivity index (χ4v) is 2.88. The largest absolute Gasteiger partial charge is 0.494 e. The van der Waals surface area contributed by atoms with Gasteiger partial charge >= 0.3 is 0 Å². The normalized spacial score (nSPS) is 21.1.